The van der Waals surface area contributed by atoms with E-state index in [1.807, 2.05) is 67.6 Å². The molecule has 2 amide bonds. The van der Waals surface area contributed by atoms with Crippen LogP contribution in [0.5, 0.6) is 0 Å². The van der Waals surface area contributed by atoms with Crippen LogP contribution >= 0.6 is 0 Å². The van der Waals surface area contributed by atoms with Crippen LogP contribution in [0.3, 0.4) is 0 Å². The summed E-state index contributed by atoms with van der Waals surface area (Å²) in [5.74, 6) is -0.515. The van der Waals surface area contributed by atoms with Gasteiger partial charge in [-0.1, -0.05) is 48.5 Å². The molecule has 9 aromatic rings. The van der Waals surface area contributed by atoms with Crippen molar-refractivity contribution in [1.29, 1.82) is 0 Å². The molecule has 2 aromatic heterocycles. The van der Waals surface area contributed by atoms with Crippen LogP contribution in [0.15, 0.2) is 89.7 Å². The van der Waals surface area contributed by atoms with E-state index in [9.17, 15) is 14.4 Å². The number of aromatic nitrogens is 2. The number of imidazole rings is 1. The predicted octanol–water partition coefficient (Wildman–Crippen LogP) is 7.26. The predicted molar refractivity (Wildman–Crippen MR) is 167 cm³/mol. The first-order valence-corrected chi connectivity index (χ1v) is 14.1. The van der Waals surface area contributed by atoms with Gasteiger partial charge < -0.3 is 0 Å². The molecule has 42 heavy (non-hydrogen) atoms. The van der Waals surface area contributed by atoms with Crippen LogP contribution in [0, 0.1) is 0 Å². The van der Waals surface area contributed by atoms with Gasteiger partial charge in [-0.2, -0.15) is 0 Å². The van der Waals surface area contributed by atoms with Crippen LogP contribution in [0.4, 0.5) is 0 Å². The summed E-state index contributed by atoms with van der Waals surface area (Å²) in [7, 11) is 0. The van der Waals surface area contributed by atoms with E-state index >= 15 is 0 Å². The Bertz CT molecular complexity index is 2720. The van der Waals surface area contributed by atoms with E-state index in [-0.39, 0.29) is 17.4 Å². The fourth-order valence-corrected chi connectivity index (χ4v) is 7.55. The average molecular weight is 542 g/mol. The second-order valence-electron chi connectivity index (χ2n) is 11.3. The Morgan fingerprint density at radius 1 is 0.595 bits per heavy atom. The number of amides is 2. The van der Waals surface area contributed by atoms with Gasteiger partial charge in [0.2, 0.25) is 0 Å². The maximum atomic E-state index is 14.2. The van der Waals surface area contributed by atoms with E-state index in [4.69, 9.17) is 4.98 Å². The Morgan fingerprint density at radius 2 is 1.12 bits per heavy atom. The smallest absolute Gasteiger partial charge is 0.264 e. The summed E-state index contributed by atoms with van der Waals surface area (Å²) in [5, 5.41) is 11.1. The van der Waals surface area contributed by atoms with Gasteiger partial charge in [-0.05, 0) is 86.4 Å². The maximum absolute atomic E-state index is 14.2. The van der Waals surface area contributed by atoms with Gasteiger partial charge in [0, 0.05) is 39.2 Å². The summed E-state index contributed by atoms with van der Waals surface area (Å²) in [5.41, 5.74) is 3.25. The highest BCUT2D eigenvalue weighted by molar-refractivity contribution is 6.41. The lowest BCUT2D eigenvalue weighted by Gasteiger charge is -2.27. The van der Waals surface area contributed by atoms with Crippen molar-refractivity contribution < 1.29 is 9.59 Å². The van der Waals surface area contributed by atoms with Crippen molar-refractivity contribution in [2.75, 3.05) is 6.54 Å². The van der Waals surface area contributed by atoms with Gasteiger partial charge in [0.25, 0.3) is 17.4 Å². The standard InChI is InChI=1S/C36H19N3O3/c1-2-38-34(40)24-12-8-21-19-7-11-23-31-26(14-10-20(29(19)31)22-9-13-25(35(38)41)32(24)30(21)22)36(42)39-28-16-18-6-4-3-5-17(18)15-27(28)37-33(23)39/h3-16H,2H2,1H3. The van der Waals surface area contributed by atoms with Crippen molar-refractivity contribution in [2.24, 2.45) is 0 Å². The summed E-state index contributed by atoms with van der Waals surface area (Å²) >= 11 is 0. The molecule has 7 aromatic carbocycles. The zero-order valence-electron chi connectivity index (χ0n) is 22.4. The number of carbonyl (C=O) groups excluding carboxylic acids is 2. The minimum absolute atomic E-state index is 0.0918. The van der Waals surface area contributed by atoms with Gasteiger partial charge >= 0.3 is 0 Å². The van der Waals surface area contributed by atoms with Crippen molar-refractivity contribution in [3.63, 3.8) is 0 Å². The summed E-state index contributed by atoms with van der Waals surface area (Å²) in [6, 6.07) is 28.0. The average Bonchev–Trinajstić information content (AvgIpc) is 3.39. The molecule has 0 aliphatic carbocycles. The molecule has 0 saturated carbocycles. The Kier molecular flexibility index (Phi) is 3.77. The normalized spacial score (nSPS) is 14.1. The summed E-state index contributed by atoms with van der Waals surface area (Å²) in [6.07, 6.45) is 0. The second kappa shape index (κ2) is 7.17. The molecular weight excluding hydrogens is 522 g/mol. The number of hydrogen-bond donors (Lipinski definition) is 0. The number of carbonyl (C=O) groups is 2. The van der Waals surface area contributed by atoms with Crippen LogP contribution in [0.25, 0.3) is 81.3 Å². The lowest BCUT2D eigenvalue weighted by molar-refractivity contribution is 0.0619. The topological polar surface area (TPSA) is 71.8 Å². The molecule has 0 spiro atoms. The van der Waals surface area contributed by atoms with Gasteiger partial charge in [-0.25, -0.2) is 4.98 Å². The molecule has 1 aliphatic heterocycles. The number of imide groups is 1. The van der Waals surface area contributed by atoms with Crippen molar-refractivity contribution in [3.05, 3.63) is 106 Å². The third kappa shape index (κ3) is 2.36. The molecule has 0 radical (unpaired) electrons. The van der Waals surface area contributed by atoms with E-state index in [1.165, 1.54) is 4.90 Å². The first-order valence-electron chi connectivity index (χ1n) is 14.1. The van der Waals surface area contributed by atoms with Crippen LogP contribution in [0.1, 0.15) is 27.6 Å². The summed E-state index contributed by atoms with van der Waals surface area (Å²) in [6.45, 7) is 2.14. The molecule has 0 unspecified atom stereocenters. The van der Waals surface area contributed by atoms with Gasteiger partial charge in [0.05, 0.1) is 11.0 Å². The molecule has 196 valence electrons. The molecule has 6 heteroatoms. The largest absolute Gasteiger partial charge is 0.275 e. The van der Waals surface area contributed by atoms with E-state index in [2.05, 4.69) is 24.3 Å². The van der Waals surface area contributed by atoms with Crippen molar-refractivity contribution in [3.8, 4) is 0 Å². The maximum Gasteiger partial charge on any atom is 0.264 e. The van der Waals surface area contributed by atoms with Crippen molar-refractivity contribution >= 4 is 93.1 Å². The SMILES string of the molecule is CCN1C(=O)c2ccc3c4ccc5c(=O)n6c7cc8ccccc8cc7nc6c6ccc(c7ccc(c2c37)C1=O)c4c56. The number of pyridine rings is 1. The fourth-order valence-electron chi connectivity index (χ4n) is 7.55. The highest BCUT2D eigenvalue weighted by Crippen LogP contribution is 2.46. The molecule has 0 N–H and O–H groups in total. The third-order valence-electron chi connectivity index (χ3n) is 9.37. The van der Waals surface area contributed by atoms with Gasteiger partial charge in [-0.15, -0.1) is 0 Å². The lowest BCUT2D eigenvalue weighted by atomic mass is 9.84. The van der Waals surface area contributed by atoms with E-state index in [1.54, 1.807) is 4.40 Å². The monoisotopic (exact) mass is 541 g/mol. The van der Waals surface area contributed by atoms with Gasteiger partial charge in [0.1, 0.15) is 5.65 Å². The third-order valence-corrected chi connectivity index (χ3v) is 9.37. The highest BCUT2D eigenvalue weighted by atomic mass is 16.2. The molecule has 0 atom stereocenters. The first-order chi connectivity index (χ1) is 20.5. The molecule has 3 heterocycles. The molecule has 0 fully saturated rings. The lowest BCUT2D eigenvalue weighted by Crippen LogP contribution is -2.40. The minimum atomic E-state index is -0.257. The van der Waals surface area contributed by atoms with Crippen LogP contribution in [0.2, 0.25) is 0 Å². The van der Waals surface area contributed by atoms with Crippen LogP contribution < -0.4 is 5.56 Å². The summed E-state index contributed by atoms with van der Waals surface area (Å²) < 4.78 is 1.75. The molecule has 0 saturated heterocycles. The van der Waals surface area contributed by atoms with Crippen LogP contribution in [-0.2, 0) is 0 Å². The highest BCUT2D eigenvalue weighted by Gasteiger charge is 2.33. The number of fused-ring (bicyclic) bond motifs is 7. The molecule has 1 aliphatic rings. The molecule has 10 rings (SSSR count). The quantitative estimate of drug-likeness (QED) is 0.125. The van der Waals surface area contributed by atoms with Gasteiger partial charge in [-0.3, -0.25) is 23.7 Å². The molecular formula is C36H19N3O3. The number of hydrogen-bond acceptors (Lipinski definition) is 4. The van der Waals surface area contributed by atoms with Crippen LogP contribution in [-0.4, -0.2) is 32.6 Å². The second-order valence-corrected chi connectivity index (χ2v) is 11.3. The van der Waals surface area contributed by atoms with Crippen molar-refractivity contribution in [1.82, 2.24) is 14.3 Å². The number of nitrogens with zero attached hydrogens (tertiary/aromatic N) is 3. The fraction of sp³-hybridized carbons (Fsp3) is 0.0556. The summed E-state index contributed by atoms with van der Waals surface area (Å²) in [4.78, 5) is 47.1. The molecule has 0 bridgehead atoms. The first kappa shape index (κ1) is 22.1. The number of benzene rings is 7. The Hall–Kier alpha value is -5.62. The molecule has 6 nitrogen and oxygen atoms in total. The van der Waals surface area contributed by atoms with Gasteiger partial charge in [0.15, 0.2) is 0 Å². The zero-order valence-corrected chi connectivity index (χ0v) is 22.4. The number of rotatable bonds is 1. The Balaban J connectivity index is 1.41. The Morgan fingerprint density at radius 3 is 1.76 bits per heavy atom. The van der Waals surface area contributed by atoms with E-state index < -0.39 is 0 Å². The minimum Gasteiger partial charge on any atom is -0.275 e. The zero-order chi connectivity index (χ0) is 28.0. The Labute approximate surface area is 236 Å². The van der Waals surface area contributed by atoms with E-state index in [0.717, 1.165) is 64.9 Å². The van der Waals surface area contributed by atoms with E-state index in [0.29, 0.717) is 34.1 Å². The van der Waals surface area contributed by atoms with Crippen molar-refractivity contribution in [2.45, 2.75) is 6.92 Å².